The Hall–Kier alpha value is -1.82. The first-order valence-corrected chi connectivity index (χ1v) is 6.26. The zero-order chi connectivity index (χ0) is 14.3. The standard InChI is InChI=1S/C13H20N2O4/c1-9(2)10(8-16)15-12(17)5-6-14-13(18)11-4-3-7-19-11/h3-4,7,9-10,16H,5-6,8H2,1-2H3,(H,14,18)(H,15,17). The summed E-state index contributed by atoms with van der Waals surface area (Å²) in [7, 11) is 0. The van der Waals surface area contributed by atoms with E-state index in [0.29, 0.717) is 0 Å². The number of carbonyl (C=O) groups is 2. The van der Waals surface area contributed by atoms with Crippen molar-refractivity contribution in [3.8, 4) is 0 Å². The molecule has 19 heavy (non-hydrogen) atoms. The van der Waals surface area contributed by atoms with Gasteiger partial charge < -0.3 is 20.2 Å². The summed E-state index contributed by atoms with van der Waals surface area (Å²) >= 11 is 0. The van der Waals surface area contributed by atoms with Crippen LogP contribution in [0.2, 0.25) is 0 Å². The largest absolute Gasteiger partial charge is 0.459 e. The van der Waals surface area contributed by atoms with Gasteiger partial charge in [0, 0.05) is 13.0 Å². The van der Waals surface area contributed by atoms with Crippen molar-refractivity contribution in [3.63, 3.8) is 0 Å². The molecule has 106 valence electrons. The van der Waals surface area contributed by atoms with Crippen molar-refractivity contribution in [2.75, 3.05) is 13.2 Å². The Morgan fingerprint density at radius 2 is 2.16 bits per heavy atom. The number of aliphatic hydroxyl groups excluding tert-OH is 1. The van der Waals surface area contributed by atoms with Crippen molar-refractivity contribution in [1.29, 1.82) is 0 Å². The number of nitrogens with one attached hydrogen (secondary N) is 2. The third-order valence-corrected chi connectivity index (χ3v) is 2.73. The molecule has 0 spiro atoms. The predicted molar refractivity (Wildman–Crippen MR) is 69.5 cm³/mol. The summed E-state index contributed by atoms with van der Waals surface area (Å²) in [5.74, 6) is -0.171. The Bertz CT molecular complexity index is 401. The summed E-state index contributed by atoms with van der Waals surface area (Å²) < 4.78 is 4.92. The van der Waals surface area contributed by atoms with Gasteiger partial charge in [-0.05, 0) is 18.1 Å². The molecular weight excluding hydrogens is 248 g/mol. The first kappa shape index (κ1) is 15.2. The monoisotopic (exact) mass is 268 g/mol. The fourth-order valence-corrected chi connectivity index (χ4v) is 1.49. The molecule has 0 fully saturated rings. The highest BCUT2D eigenvalue weighted by Crippen LogP contribution is 2.01. The molecule has 1 heterocycles. The predicted octanol–water partition coefficient (Wildman–Crippen LogP) is 0.533. The fourth-order valence-electron chi connectivity index (χ4n) is 1.49. The summed E-state index contributed by atoms with van der Waals surface area (Å²) in [4.78, 5) is 23.1. The van der Waals surface area contributed by atoms with Crippen LogP contribution >= 0.6 is 0 Å². The van der Waals surface area contributed by atoms with Gasteiger partial charge >= 0.3 is 0 Å². The lowest BCUT2D eigenvalue weighted by atomic mass is 10.1. The van der Waals surface area contributed by atoms with E-state index >= 15 is 0 Å². The minimum absolute atomic E-state index is 0.0951. The van der Waals surface area contributed by atoms with Crippen LogP contribution in [0.3, 0.4) is 0 Å². The molecule has 0 aliphatic rings. The van der Waals surface area contributed by atoms with Gasteiger partial charge in [-0.3, -0.25) is 9.59 Å². The van der Waals surface area contributed by atoms with Crippen LogP contribution in [0.4, 0.5) is 0 Å². The lowest BCUT2D eigenvalue weighted by molar-refractivity contribution is -0.122. The van der Waals surface area contributed by atoms with Gasteiger partial charge in [0.05, 0.1) is 18.9 Å². The number of furan rings is 1. The van der Waals surface area contributed by atoms with Gasteiger partial charge in [-0.15, -0.1) is 0 Å². The number of aliphatic hydroxyl groups is 1. The number of carbonyl (C=O) groups excluding carboxylic acids is 2. The van der Waals surface area contributed by atoms with E-state index in [2.05, 4.69) is 10.6 Å². The van der Waals surface area contributed by atoms with Crippen LogP contribution in [-0.4, -0.2) is 36.1 Å². The molecule has 1 unspecified atom stereocenters. The van der Waals surface area contributed by atoms with Gasteiger partial charge in [-0.25, -0.2) is 0 Å². The Balaban J connectivity index is 2.25. The SMILES string of the molecule is CC(C)C(CO)NC(=O)CCNC(=O)c1ccco1. The molecule has 0 radical (unpaired) electrons. The van der Waals surface area contributed by atoms with Gasteiger partial charge in [-0.2, -0.15) is 0 Å². The maximum Gasteiger partial charge on any atom is 0.286 e. The Morgan fingerprint density at radius 3 is 2.68 bits per heavy atom. The molecule has 1 atom stereocenters. The molecule has 1 aromatic heterocycles. The van der Waals surface area contributed by atoms with E-state index in [9.17, 15) is 9.59 Å². The molecule has 2 amide bonds. The van der Waals surface area contributed by atoms with E-state index in [0.717, 1.165) is 0 Å². The molecule has 1 rings (SSSR count). The quantitative estimate of drug-likeness (QED) is 0.672. The Morgan fingerprint density at radius 1 is 1.42 bits per heavy atom. The number of hydrogen-bond acceptors (Lipinski definition) is 4. The van der Waals surface area contributed by atoms with Crippen LogP contribution in [-0.2, 0) is 4.79 Å². The molecule has 0 aromatic carbocycles. The fraction of sp³-hybridized carbons (Fsp3) is 0.538. The second-order valence-corrected chi connectivity index (χ2v) is 4.58. The van der Waals surface area contributed by atoms with Crippen molar-refractivity contribution in [3.05, 3.63) is 24.2 Å². The summed E-state index contributed by atoms with van der Waals surface area (Å²) in [6.45, 7) is 3.96. The average Bonchev–Trinajstić information content (AvgIpc) is 2.89. The van der Waals surface area contributed by atoms with E-state index in [-0.39, 0.29) is 49.1 Å². The Kier molecular flexibility index (Phi) is 6.08. The zero-order valence-electron chi connectivity index (χ0n) is 11.2. The summed E-state index contributed by atoms with van der Waals surface area (Å²) in [5.41, 5.74) is 0. The number of rotatable bonds is 7. The lowest BCUT2D eigenvalue weighted by Crippen LogP contribution is -2.42. The summed E-state index contributed by atoms with van der Waals surface area (Å²) in [5, 5.41) is 14.4. The summed E-state index contributed by atoms with van der Waals surface area (Å²) in [6.07, 6.45) is 1.58. The maximum atomic E-state index is 11.6. The smallest absolute Gasteiger partial charge is 0.286 e. The van der Waals surface area contributed by atoms with Crippen molar-refractivity contribution in [1.82, 2.24) is 10.6 Å². The van der Waals surface area contributed by atoms with Gasteiger partial charge in [0.25, 0.3) is 5.91 Å². The van der Waals surface area contributed by atoms with E-state index in [1.165, 1.54) is 6.26 Å². The van der Waals surface area contributed by atoms with Crippen molar-refractivity contribution in [2.45, 2.75) is 26.3 Å². The molecule has 1 aromatic rings. The Labute approximate surface area is 112 Å². The highest BCUT2D eigenvalue weighted by Gasteiger charge is 2.15. The van der Waals surface area contributed by atoms with Crippen LogP contribution in [0.1, 0.15) is 30.8 Å². The van der Waals surface area contributed by atoms with Crippen LogP contribution in [0.15, 0.2) is 22.8 Å². The lowest BCUT2D eigenvalue weighted by Gasteiger charge is -2.19. The van der Waals surface area contributed by atoms with Gasteiger partial charge in [0.2, 0.25) is 5.91 Å². The third kappa shape index (κ3) is 5.13. The second kappa shape index (κ2) is 7.58. The molecule has 3 N–H and O–H groups in total. The number of amides is 2. The molecule has 0 saturated heterocycles. The first-order chi connectivity index (χ1) is 9.04. The first-order valence-electron chi connectivity index (χ1n) is 6.26. The maximum absolute atomic E-state index is 11.6. The average molecular weight is 268 g/mol. The topological polar surface area (TPSA) is 91.6 Å². The van der Waals surface area contributed by atoms with Crippen LogP contribution in [0, 0.1) is 5.92 Å². The van der Waals surface area contributed by atoms with Gasteiger partial charge in [-0.1, -0.05) is 13.8 Å². The van der Waals surface area contributed by atoms with Gasteiger partial charge in [0.1, 0.15) is 0 Å². The molecule has 0 aliphatic heterocycles. The molecule has 0 saturated carbocycles. The molecule has 0 bridgehead atoms. The van der Waals surface area contributed by atoms with Gasteiger partial charge in [0.15, 0.2) is 5.76 Å². The molecule has 0 aliphatic carbocycles. The normalized spacial score (nSPS) is 12.2. The molecule has 6 heteroatoms. The van der Waals surface area contributed by atoms with Crippen molar-refractivity contribution >= 4 is 11.8 Å². The molecular formula is C13H20N2O4. The van der Waals surface area contributed by atoms with Crippen LogP contribution in [0.5, 0.6) is 0 Å². The minimum Gasteiger partial charge on any atom is -0.459 e. The molecule has 6 nitrogen and oxygen atoms in total. The third-order valence-electron chi connectivity index (χ3n) is 2.73. The minimum atomic E-state index is -0.347. The van der Waals surface area contributed by atoms with E-state index in [1.54, 1.807) is 12.1 Å². The van der Waals surface area contributed by atoms with Crippen LogP contribution < -0.4 is 10.6 Å². The second-order valence-electron chi connectivity index (χ2n) is 4.58. The van der Waals surface area contributed by atoms with E-state index < -0.39 is 0 Å². The number of hydrogen-bond donors (Lipinski definition) is 3. The van der Waals surface area contributed by atoms with Crippen molar-refractivity contribution < 1.29 is 19.1 Å². The highest BCUT2D eigenvalue weighted by molar-refractivity contribution is 5.91. The zero-order valence-corrected chi connectivity index (χ0v) is 11.2. The summed E-state index contributed by atoms with van der Waals surface area (Å²) in [6, 6.07) is 2.92. The van der Waals surface area contributed by atoms with E-state index in [1.807, 2.05) is 13.8 Å². The highest BCUT2D eigenvalue weighted by atomic mass is 16.3. The van der Waals surface area contributed by atoms with Crippen LogP contribution in [0.25, 0.3) is 0 Å². The van der Waals surface area contributed by atoms with Crippen molar-refractivity contribution in [2.24, 2.45) is 5.92 Å². The van der Waals surface area contributed by atoms with E-state index in [4.69, 9.17) is 9.52 Å².